The van der Waals surface area contributed by atoms with E-state index >= 15 is 0 Å². The van der Waals surface area contributed by atoms with Gasteiger partial charge in [-0.15, -0.1) is 0 Å². The first kappa shape index (κ1) is 11.9. The molecule has 1 aliphatic rings. The fourth-order valence-electron chi connectivity index (χ4n) is 2.29. The summed E-state index contributed by atoms with van der Waals surface area (Å²) in [6.07, 6.45) is 1.84. The summed E-state index contributed by atoms with van der Waals surface area (Å²) in [6, 6.07) is 0. The summed E-state index contributed by atoms with van der Waals surface area (Å²) in [7, 11) is 0. The summed E-state index contributed by atoms with van der Waals surface area (Å²) in [5.41, 5.74) is -0.541. The minimum Gasteiger partial charge on any atom is -0.396 e. The predicted molar refractivity (Wildman–Crippen MR) is 51.7 cm³/mol. The fourth-order valence-corrected chi connectivity index (χ4v) is 2.29. The molecule has 0 saturated heterocycles. The van der Waals surface area contributed by atoms with Crippen molar-refractivity contribution < 1.29 is 20.4 Å². The molecule has 0 amide bonds. The molecule has 4 heteroatoms. The molecule has 4 N–H and O–H groups in total. The standard InChI is InChI=1S/C10H20O4/c11-4-3-10(7-13)2-1-8(6-12)5-9(10)14/h8-9,11-14H,1-7H2. The molecular weight excluding hydrogens is 184 g/mol. The van der Waals surface area contributed by atoms with E-state index < -0.39 is 11.5 Å². The van der Waals surface area contributed by atoms with Gasteiger partial charge in [-0.2, -0.15) is 0 Å². The molecule has 14 heavy (non-hydrogen) atoms. The van der Waals surface area contributed by atoms with E-state index in [-0.39, 0.29) is 25.7 Å². The first-order valence-corrected chi connectivity index (χ1v) is 5.19. The van der Waals surface area contributed by atoms with E-state index in [1.54, 1.807) is 0 Å². The summed E-state index contributed by atoms with van der Waals surface area (Å²) < 4.78 is 0. The van der Waals surface area contributed by atoms with Gasteiger partial charge in [0.25, 0.3) is 0 Å². The maximum atomic E-state index is 9.87. The summed E-state index contributed by atoms with van der Waals surface area (Å²) >= 11 is 0. The second-order valence-corrected chi connectivity index (χ2v) is 4.33. The average molecular weight is 204 g/mol. The van der Waals surface area contributed by atoms with Crippen molar-refractivity contribution in [3.05, 3.63) is 0 Å². The summed E-state index contributed by atoms with van der Waals surface area (Å²) in [5.74, 6) is 0.142. The molecule has 0 aromatic carbocycles. The fraction of sp³-hybridized carbons (Fsp3) is 1.00. The van der Waals surface area contributed by atoms with Gasteiger partial charge >= 0.3 is 0 Å². The van der Waals surface area contributed by atoms with Gasteiger partial charge in [0, 0.05) is 18.6 Å². The lowest BCUT2D eigenvalue weighted by molar-refractivity contribution is -0.0800. The van der Waals surface area contributed by atoms with E-state index in [0.717, 1.165) is 6.42 Å². The number of rotatable bonds is 4. The van der Waals surface area contributed by atoms with Crippen LogP contribution in [0, 0.1) is 11.3 Å². The Hall–Kier alpha value is -0.160. The van der Waals surface area contributed by atoms with E-state index in [2.05, 4.69) is 0 Å². The lowest BCUT2D eigenvalue weighted by Gasteiger charge is -2.42. The molecule has 0 aliphatic heterocycles. The second kappa shape index (κ2) is 5.07. The molecule has 0 spiro atoms. The summed E-state index contributed by atoms with van der Waals surface area (Å²) in [6.45, 7) is -0.00796. The van der Waals surface area contributed by atoms with Crippen LogP contribution in [0.4, 0.5) is 0 Å². The Morgan fingerprint density at radius 1 is 1.21 bits per heavy atom. The maximum absolute atomic E-state index is 9.87. The van der Waals surface area contributed by atoms with Crippen molar-refractivity contribution in [2.45, 2.75) is 31.8 Å². The van der Waals surface area contributed by atoms with Crippen molar-refractivity contribution in [3.8, 4) is 0 Å². The first-order valence-electron chi connectivity index (χ1n) is 5.19. The molecule has 0 heterocycles. The Bertz CT molecular complexity index is 174. The molecule has 1 saturated carbocycles. The molecular formula is C10H20O4. The monoisotopic (exact) mass is 204 g/mol. The zero-order valence-corrected chi connectivity index (χ0v) is 8.39. The molecule has 1 rings (SSSR count). The van der Waals surface area contributed by atoms with Gasteiger partial charge in [-0.25, -0.2) is 0 Å². The molecule has 3 atom stereocenters. The molecule has 3 unspecified atom stereocenters. The lowest BCUT2D eigenvalue weighted by Crippen LogP contribution is -2.44. The van der Waals surface area contributed by atoms with Crippen molar-refractivity contribution in [2.75, 3.05) is 19.8 Å². The van der Waals surface area contributed by atoms with Gasteiger partial charge in [0.1, 0.15) is 0 Å². The zero-order valence-electron chi connectivity index (χ0n) is 8.39. The van der Waals surface area contributed by atoms with Gasteiger partial charge in [0.05, 0.1) is 12.7 Å². The number of aliphatic hydroxyl groups excluding tert-OH is 4. The van der Waals surface area contributed by atoms with Crippen LogP contribution in [0.25, 0.3) is 0 Å². The molecule has 84 valence electrons. The first-order chi connectivity index (χ1) is 6.68. The van der Waals surface area contributed by atoms with Gasteiger partial charge in [0.2, 0.25) is 0 Å². The van der Waals surface area contributed by atoms with Gasteiger partial charge in [0.15, 0.2) is 0 Å². The number of hydrogen-bond acceptors (Lipinski definition) is 4. The highest BCUT2D eigenvalue weighted by atomic mass is 16.3. The van der Waals surface area contributed by atoms with E-state index in [0.29, 0.717) is 19.3 Å². The number of hydrogen-bond donors (Lipinski definition) is 4. The molecule has 1 aliphatic carbocycles. The molecule has 0 radical (unpaired) electrons. The number of aliphatic hydroxyl groups is 4. The third kappa shape index (κ3) is 2.25. The van der Waals surface area contributed by atoms with Crippen LogP contribution in [0.3, 0.4) is 0 Å². The van der Waals surface area contributed by atoms with Crippen LogP contribution in [-0.4, -0.2) is 46.4 Å². The zero-order chi connectivity index (χ0) is 10.6. The summed E-state index contributed by atoms with van der Waals surface area (Å²) in [5, 5.41) is 37.0. The summed E-state index contributed by atoms with van der Waals surface area (Å²) in [4.78, 5) is 0. The van der Waals surface area contributed by atoms with Crippen LogP contribution in [0.2, 0.25) is 0 Å². The second-order valence-electron chi connectivity index (χ2n) is 4.33. The lowest BCUT2D eigenvalue weighted by atomic mass is 9.67. The van der Waals surface area contributed by atoms with E-state index in [9.17, 15) is 10.2 Å². The highest BCUT2D eigenvalue weighted by Crippen LogP contribution is 2.41. The molecule has 0 bridgehead atoms. The van der Waals surface area contributed by atoms with Crippen molar-refractivity contribution in [3.63, 3.8) is 0 Å². The molecule has 0 aromatic heterocycles. The molecule has 0 aromatic rings. The Balaban J connectivity index is 2.61. The van der Waals surface area contributed by atoms with Crippen LogP contribution in [0.1, 0.15) is 25.7 Å². The molecule has 4 nitrogen and oxygen atoms in total. The van der Waals surface area contributed by atoms with Crippen molar-refractivity contribution >= 4 is 0 Å². The SMILES string of the molecule is OCCC1(CO)CCC(CO)CC1O. The highest BCUT2D eigenvalue weighted by molar-refractivity contribution is 4.91. The van der Waals surface area contributed by atoms with Crippen LogP contribution in [-0.2, 0) is 0 Å². The van der Waals surface area contributed by atoms with Gasteiger partial charge in [-0.1, -0.05) is 0 Å². The third-order valence-corrected chi connectivity index (χ3v) is 3.50. The predicted octanol–water partition coefficient (Wildman–Crippen LogP) is -0.499. The highest BCUT2D eigenvalue weighted by Gasteiger charge is 2.41. The van der Waals surface area contributed by atoms with Crippen LogP contribution < -0.4 is 0 Å². The largest absolute Gasteiger partial charge is 0.396 e. The smallest absolute Gasteiger partial charge is 0.0622 e. The average Bonchev–Trinajstić information content (AvgIpc) is 2.21. The molecule has 1 fully saturated rings. The van der Waals surface area contributed by atoms with Crippen LogP contribution >= 0.6 is 0 Å². The van der Waals surface area contributed by atoms with E-state index in [1.807, 2.05) is 0 Å². The van der Waals surface area contributed by atoms with E-state index in [4.69, 9.17) is 10.2 Å². The van der Waals surface area contributed by atoms with Crippen molar-refractivity contribution in [1.29, 1.82) is 0 Å². The van der Waals surface area contributed by atoms with E-state index in [1.165, 1.54) is 0 Å². The topological polar surface area (TPSA) is 80.9 Å². The Kier molecular flexibility index (Phi) is 4.31. The third-order valence-electron chi connectivity index (χ3n) is 3.50. The van der Waals surface area contributed by atoms with Gasteiger partial charge in [-0.05, 0) is 31.6 Å². The maximum Gasteiger partial charge on any atom is 0.0622 e. The Morgan fingerprint density at radius 2 is 1.93 bits per heavy atom. The Morgan fingerprint density at radius 3 is 2.36 bits per heavy atom. The van der Waals surface area contributed by atoms with Gasteiger partial charge in [-0.3, -0.25) is 0 Å². The van der Waals surface area contributed by atoms with Crippen molar-refractivity contribution in [2.24, 2.45) is 11.3 Å². The van der Waals surface area contributed by atoms with Crippen LogP contribution in [0.15, 0.2) is 0 Å². The minimum atomic E-state index is -0.606. The van der Waals surface area contributed by atoms with Crippen LogP contribution in [0.5, 0.6) is 0 Å². The Labute approximate surface area is 84.2 Å². The normalized spacial score (nSPS) is 38.6. The minimum absolute atomic E-state index is 0.0125. The quantitative estimate of drug-likeness (QED) is 0.498. The van der Waals surface area contributed by atoms with Crippen molar-refractivity contribution in [1.82, 2.24) is 0 Å². The van der Waals surface area contributed by atoms with Gasteiger partial charge < -0.3 is 20.4 Å².